The fraction of sp³-hybridized carbons (Fsp3) is 0.200. The van der Waals surface area contributed by atoms with Crippen molar-refractivity contribution in [3.05, 3.63) is 58.6 Å². The topological polar surface area (TPSA) is 15.3 Å². The molecule has 2 nitrogen and oxygen atoms in total. The van der Waals surface area contributed by atoms with E-state index in [2.05, 4.69) is 68.6 Å². The largest absolute Gasteiger partial charge is 0.381 e. The van der Waals surface area contributed by atoms with Crippen LogP contribution in [0.1, 0.15) is 5.56 Å². The Bertz CT molecular complexity index is 506. The highest BCUT2D eigenvalue weighted by Gasteiger charge is 1.99. The first kappa shape index (κ1) is 13.0. The van der Waals surface area contributed by atoms with E-state index >= 15 is 0 Å². The van der Waals surface area contributed by atoms with Gasteiger partial charge in [-0.25, -0.2) is 0 Å². The van der Waals surface area contributed by atoms with Crippen molar-refractivity contribution in [1.29, 1.82) is 0 Å². The van der Waals surface area contributed by atoms with Gasteiger partial charge in [0.25, 0.3) is 0 Å². The second-order valence-electron chi connectivity index (χ2n) is 4.39. The SMILES string of the molecule is CN(C)c1ccc(NCc2ccccc2Br)cc1. The van der Waals surface area contributed by atoms with Crippen LogP contribution in [0.25, 0.3) is 0 Å². The Kier molecular flexibility index (Phi) is 4.26. The van der Waals surface area contributed by atoms with Crippen LogP contribution in [-0.2, 0) is 6.54 Å². The molecule has 0 aliphatic carbocycles. The summed E-state index contributed by atoms with van der Waals surface area (Å²) >= 11 is 3.55. The number of anilines is 2. The van der Waals surface area contributed by atoms with Gasteiger partial charge < -0.3 is 10.2 Å². The molecule has 0 saturated carbocycles. The summed E-state index contributed by atoms with van der Waals surface area (Å²) < 4.78 is 1.14. The minimum atomic E-state index is 0.822. The Balaban J connectivity index is 2.00. The quantitative estimate of drug-likeness (QED) is 0.914. The van der Waals surface area contributed by atoms with Crippen molar-refractivity contribution in [3.8, 4) is 0 Å². The number of nitrogens with zero attached hydrogens (tertiary/aromatic N) is 1. The van der Waals surface area contributed by atoms with Crippen molar-refractivity contribution in [3.63, 3.8) is 0 Å². The molecule has 0 spiro atoms. The van der Waals surface area contributed by atoms with Gasteiger partial charge in [-0.1, -0.05) is 34.1 Å². The summed E-state index contributed by atoms with van der Waals surface area (Å²) in [6.45, 7) is 0.822. The number of benzene rings is 2. The molecule has 0 bridgehead atoms. The van der Waals surface area contributed by atoms with Gasteiger partial charge in [-0.05, 0) is 35.9 Å². The lowest BCUT2D eigenvalue weighted by molar-refractivity contribution is 1.12. The van der Waals surface area contributed by atoms with Gasteiger partial charge in [0.05, 0.1) is 0 Å². The smallest absolute Gasteiger partial charge is 0.0411 e. The predicted molar refractivity (Wildman–Crippen MR) is 82.2 cm³/mol. The Hall–Kier alpha value is -1.48. The third kappa shape index (κ3) is 3.26. The van der Waals surface area contributed by atoms with Gasteiger partial charge in [-0.15, -0.1) is 0 Å². The maximum absolute atomic E-state index is 3.55. The van der Waals surface area contributed by atoms with Crippen LogP contribution in [0.4, 0.5) is 11.4 Å². The fourth-order valence-electron chi connectivity index (χ4n) is 1.72. The number of nitrogens with one attached hydrogen (secondary N) is 1. The van der Waals surface area contributed by atoms with Crippen LogP contribution in [0.5, 0.6) is 0 Å². The van der Waals surface area contributed by atoms with Gasteiger partial charge in [-0.2, -0.15) is 0 Å². The average Bonchev–Trinajstić information content (AvgIpc) is 2.38. The third-order valence-corrected chi connectivity index (χ3v) is 3.60. The Morgan fingerprint density at radius 1 is 1.00 bits per heavy atom. The molecule has 18 heavy (non-hydrogen) atoms. The molecule has 0 radical (unpaired) electrons. The first-order valence-electron chi connectivity index (χ1n) is 5.91. The number of rotatable bonds is 4. The molecular formula is C15H17BrN2. The average molecular weight is 305 g/mol. The molecule has 0 amide bonds. The molecule has 3 heteroatoms. The number of hydrogen-bond donors (Lipinski definition) is 1. The molecule has 94 valence electrons. The molecule has 0 heterocycles. The Labute approximate surface area is 117 Å². The van der Waals surface area contributed by atoms with Crippen LogP contribution >= 0.6 is 15.9 Å². The molecular weight excluding hydrogens is 288 g/mol. The van der Waals surface area contributed by atoms with Gasteiger partial charge >= 0.3 is 0 Å². The molecule has 0 atom stereocenters. The molecule has 0 aromatic heterocycles. The lowest BCUT2D eigenvalue weighted by Crippen LogP contribution is -2.08. The van der Waals surface area contributed by atoms with Crippen molar-refractivity contribution in [2.45, 2.75) is 6.54 Å². The van der Waals surface area contributed by atoms with Crippen molar-refractivity contribution >= 4 is 27.3 Å². The maximum atomic E-state index is 3.55. The van der Waals surface area contributed by atoms with E-state index < -0.39 is 0 Å². The monoisotopic (exact) mass is 304 g/mol. The van der Waals surface area contributed by atoms with Gasteiger partial charge in [-0.3, -0.25) is 0 Å². The zero-order valence-corrected chi connectivity index (χ0v) is 12.2. The minimum Gasteiger partial charge on any atom is -0.381 e. The predicted octanol–water partition coefficient (Wildman–Crippen LogP) is 4.13. The van der Waals surface area contributed by atoms with Crippen molar-refractivity contribution in [1.82, 2.24) is 0 Å². The molecule has 0 saturated heterocycles. The Morgan fingerprint density at radius 2 is 1.67 bits per heavy atom. The van der Waals surface area contributed by atoms with E-state index in [1.807, 2.05) is 20.2 Å². The van der Waals surface area contributed by atoms with Crippen molar-refractivity contribution < 1.29 is 0 Å². The van der Waals surface area contributed by atoms with Crippen LogP contribution in [0.15, 0.2) is 53.0 Å². The van der Waals surface area contributed by atoms with Crippen LogP contribution in [0.3, 0.4) is 0 Å². The second-order valence-corrected chi connectivity index (χ2v) is 5.24. The molecule has 0 fully saturated rings. The van der Waals surface area contributed by atoms with Gasteiger partial charge in [0.1, 0.15) is 0 Å². The molecule has 1 N–H and O–H groups in total. The molecule has 0 aliphatic heterocycles. The lowest BCUT2D eigenvalue weighted by atomic mass is 10.2. The van der Waals surface area contributed by atoms with E-state index in [4.69, 9.17) is 0 Å². The zero-order chi connectivity index (χ0) is 13.0. The summed E-state index contributed by atoms with van der Waals surface area (Å²) in [5.74, 6) is 0. The molecule has 0 aliphatic rings. The van der Waals surface area contributed by atoms with E-state index in [9.17, 15) is 0 Å². The van der Waals surface area contributed by atoms with Gasteiger partial charge in [0.15, 0.2) is 0 Å². The number of halogens is 1. The van der Waals surface area contributed by atoms with Crippen LogP contribution < -0.4 is 10.2 Å². The van der Waals surface area contributed by atoms with E-state index in [0.29, 0.717) is 0 Å². The summed E-state index contributed by atoms with van der Waals surface area (Å²) in [6, 6.07) is 16.7. The minimum absolute atomic E-state index is 0.822. The number of hydrogen-bond acceptors (Lipinski definition) is 2. The van der Waals surface area contributed by atoms with E-state index in [0.717, 1.165) is 16.7 Å². The van der Waals surface area contributed by atoms with E-state index in [1.165, 1.54) is 11.3 Å². The van der Waals surface area contributed by atoms with Gasteiger partial charge in [0, 0.05) is 36.5 Å². The standard InChI is InChI=1S/C15H17BrN2/c1-18(2)14-9-7-13(8-10-14)17-11-12-5-3-4-6-15(12)16/h3-10,17H,11H2,1-2H3. The summed E-state index contributed by atoms with van der Waals surface area (Å²) in [6.07, 6.45) is 0. The second kappa shape index (κ2) is 5.91. The molecule has 2 aromatic rings. The van der Waals surface area contributed by atoms with Crippen molar-refractivity contribution in [2.75, 3.05) is 24.3 Å². The molecule has 2 rings (SSSR count). The van der Waals surface area contributed by atoms with Crippen LogP contribution in [-0.4, -0.2) is 14.1 Å². The maximum Gasteiger partial charge on any atom is 0.0411 e. The molecule has 0 unspecified atom stereocenters. The first-order chi connectivity index (χ1) is 8.66. The van der Waals surface area contributed by atoms with Crippen LogP contribution in [0.2, 0.25) is 0 Å². The van der Waals surface area contributed by atoms with E-state index in [1.54, 1.807) is 0 Å². The molecule has 2 aromatic carbocycles. The van der Waals surface area contributed by atoms with E-state index in [-0.39, 0.29) is 0 Å². The highest BCUT2D eigenvalue weighted by atomic mass is 79.9. The summed E-state index contributed by atoms with van der Waals surface area (Å²) in [5.41, 5.74) is 3.60. The summed E-state index contributed by atoms with van der Waals surface area (Å²) in [4.78, 5) is 2.09. The van der Waals surface area contributed by atoms with Crippen LogP contribution in [0, 0.1) is 0 Å². The van der Waals surface area contributed by atoms with Crippen molar-refractivity contribution in [2.24, 2.45) is 0 Å². The fourth-order valence-corrected chi connectivity index (χ4v) is 2.14. The normalized spacial score (nSPS) is 10.2. The van der Waals surface area contributed by atoms with Gasteiger partial charge in [0.2, 0.25) is 0 Å². The lowest BCUT2D eigenvalue weighted by Gasteiger charge is -2.13. The highest BCUT2D eigenvalue weighted by Crippen LogP contribution is 2.19. The summed E-state index contributed by atoms with van der Waals surface area (Å²) in [7, 11) is 4.09. The summed E-state index contributed by atoms with van der Waals surface area (Å²) in [5, 5.41) is 3.42. The zero-order valence-electron chi connectivity index (χ0n) is 10.7. The third-order valence-electron chi connectivity index (χ3n) is 2.82. The Morgan fingerprint density at radius 3 is 2.28 bits per heavy atom. The highest BCUT2D eigenvalue weighted by molar-refractivity contribution is 9.10. The first-order valence-corrected chi connectivity index (χ1v) is 6.71.